The number of anilines is 4. The smallest absolute Gasteiger partial charge is 0.255 e. The predicted octanol–water partition coefficient (Wildman–Crippen LogP) is 21.7. The van der Waals surface area contributed by atoms with Crippen LogP contribution in [0.25, 0.3) is 0 Å². The molecule has 4 N–H and O–H groups in total. The molecule has 0 aliphatic carbocycles. The highest BCUT2D eigenvalue weighted by atomic mass is 16.5. The number of carbonyl (C=O) groups excluding carboxylic acids is 5. The summed E-state index contributed by atoms with van der Waals surface area (Å²) < 4.78 is 35.3. The van der Waals surface area contributed by atoms with E-state index in [1.807, 2.05) is 146 Å². The van der Waals surface area contributed by atoms with Crippen molar-refractivity contribution in [2.45, 2.75) is 6.92 Å². The topological polar surface area (TPSA) is 189 Å². The SMILES string of the molecule is COc1ccc(C(=O)Nc2cccc(NC(=O)c3ccc(Oc4cccc(C#Cc5ccccc5)c4)cc3)c2)cc1.Cc1cccc(Oc2ccc(C(=O)Nc3cccc(NC(=O)c4ccc(Oc5cccc(Oc6ccc(C(=O)c7ccc(Oc8cccc(C#Cc9ccccc9)c8)cc7)cc6)c5)cc4)c3)cc2)c1. The third kappa shape index (κ3) is 20.9. The summed E-state index contributed by atoms with van der Waals surface area (Å²) in [6, 6.07) is 105. The summed E-state index contributed by atoms with van der Waals surface area (Å²) in [5.74, 6) is 17.9. The number of ketones is 1. The number of methoxy groups -OCH3 is 1. The van der Waals surface area contributed by atoms with E-state index in [2.05, 4.69) is 44.9 Å². The van der Waals surface area contributed by atoms with Crippen molar-refractivity contribution in [1.82, 2.24) is 0 Å². The van der Waals surface area contributed by atoms with Crippen molar-refractivity contribution in [3.8, 4) is 86.9 Å². The molecule has 110 heavy (non-hydrogen) atoms. The number of aryl methyl sites for hydroxylation is 1. The second kappa shape index (κ2) is 35.8. The van der Waals surface area contributed by atoms with Crippen LogP contribution in [0.5, 0.6) is 63.2 Å². The Morgan fingerprint density at radius 1 is 0.227 bits per heavy atom. The molecule has 0 heterocycles. The number of hydrogen-bond acceptors (Lipinski definition) is 11. The number of carbonyl (C=O) groups is 5. The van der Waals surface area contributed by atoms with E-state index in [4.69, 9.17) is 28.4 Å². The van der Waals surface area contributed by atoms with Crippen LogP contribution in [-0.4, -0.2) is 36.5 Å². The Labute approximate surface area is 636 Å². The van der Waals surface area contributed by atoms with Crippen LogP contribution in [0, 0.1) is 30.6 Å². The molecule has 15 heteroatoms. The molecule has 14 aromatic rings. The summed E-state index contributed by atoms with van der Waals surface area (Å²) >= 11 is 0. The third-order valence-electron chi connectivity index (χ3n) is 16.6. The van der Waals surface area contributed by atoms with E-state index in [0.29, 0.717) is 114 Å². The Kier molecular flexibility index (Phi) is 23.7. The molecular weight excluding hydrogens is 1370 g/mol. The van der Waals surface area contributed by atoms with E-state index >= 15 is 0 Å². The van der Waals surface area contributed by atoms with Gasteiger partial charge in [-0.25, -0.2) is 0 Å². The molecule has 0 bridgehead atoms. The Balaban J connectivity index is 0.000000220. The minimum Gasteiger partial charge on any atom is -0.497 e. The number of amides is 4. The molecule has 14 aromatic carbocycles. The highest BCUT2D eigenvalue weighted by Crippen LogP contribution is 2.32. The van der Waals surface area contributed by atoms with Crippen LogP contribution in [0.1, 0.15) is 85.2 Å². The lowest BCUT2D eigenvalue weighted by Gasteiger charge is -2.11. The molecule has 0 saturated heterocycles. The van der Waals surface area contributed by atoms with E-state index < -0.39 is 0 Å². The van der Waals surface area contributed by atoms with Gasteiger partial charge in [0.25, 0.3) is 23.6 Å². The number of nitrogens with one attached hydrogen (secondary N) is 4. The van der Waals surface area contributed by atoms with Crippen LogP contribution in [0.4, 0.5) is 22.7 Å². The lowest BCUT2D eigenvalue weighted by Crippen LogP contribution is -2.14. The summed E-state index contributed by atoms with van der Waals surface area (Å²) in [5, 5.41) is 11.5. The predicted molar refractivity (Wildman–Crippen MR) is 429 cm³/mol. The van der Waals surface area contributed by atoms with Gasteiger partial charge < -0.3 is 49.7 Å². The van der Waals surface area contributed by atoms with Gasteiger partial charge in [-0.3, -0.25) is 24.0 Å². The molecule has 0 atom stereocenters. The molecule has 0 spiro atoms. The van der Waals surface area contributed by atoms with E-state index in [9.17, 15) is 24.0 Å². The van der Waals surface area contributed by atoms with Crippen molar-refractivity contribution >= 4 is 52.2 Å². The van der Waals surface area contributed by atoms with Crippen LogP contribution >= 0.6 is 0 Å². The van der Waals surface area contributed by atoms with Crippen molar-refractivity contribution in [3.63, 3.8) is 0 Å². The molecule has 0 unspecified atom stereocenters. The van der Waals surface area contributed by atoms with Crippen molar-refractivity contribution in [2.75, 3.05) is 28.4 Å². The second-order valence-electron chi connectivity index (χ2n) is 24.7. The molecule has 4 amide bonds. The molecule has 0 saturated carbocycles. The lowest BCUT2D eigenvalue weighted by atomic mass is 10.0. The first kappa shape index (κ1) is 72.9. The highest BCUT2D eigenvalue weighted by Gasteiger charge is 2.16. The first-order valence-electron chi connectivity index (χ1n) is 34.9. The molecule has 0 fully saturated rings. The van der Waals surface area contributed by atoms with Gasteiger partial charge in [0.05, 0.1) is 7.11 Å². The summed E-state index contributed by atoms with van der Waals surface area (Å²) in [7, 11) is 1.57. The molecular formula is C95H68N4O11. The fourth-order valence-corrected chi connectivity index (χ4v) is 11.0. The Hall–Kier alpha value is -15.5. The first-order chi connectivity index (χ1) is 53.8. The molecule has 0 aliphatic heterocycles. The average Bonchev–Trinajstić information content (AvgIpc) is 0.856. The van der Waals surface area contributed by atoms with Crippen molar-refractivity contribution in [2.24, 2.45) is 0 Å². The minimum absolute atomic E-state index is 0.135. The van der Waals surface area contributed by atoms with Gasteiger partial charge in [-0.1, -0.05) is 103 Å². The number of rotatable bonds is 21. The Bertz CT molecular complexity index is 5720. The number of hydrogen-bond donors (Lipinski definition) is 4. The maximum Gasteiger partial charge on any atom is 0.255 e. The summed E-state index contributed by atoms with van der Waals surface area (Å²) in [6.45, 7) is 1.99. The van der Waals surface area contributed by atoms with Gasteiger partial charge in [0.2, 0.25) is 0 Å². The van der Waals surface area contributed by atoms with Crippen molar-refractivity contribution < 1.29 is 52.4 Å². The highest BCUT2D eigenvalue weighted by molar-refractivity contribution is 6.10. The van der Waals surface area contributed by atoms with Gasteiger partial charge in [0, 0.05) is 84.5 Å². The van der Waals surface area contributed by atoms with Crippen LogP contribution in [0.3, 0.4) is 0 Å². The minimum atomic E-state index is -0.330. The summed E-state index contributed by atoms with van der Waals surface area (Å²) in [5.41, 5.74) is 9.65. The molecule has 14 rings (SSSR count). The van der Waals surface area contributed by atoms with Crippen LogP contribution in [0.15, 0.2) is 352 Å². The maximum absolute atomic E-state index is 13.4. The van der Waals surface area contributed by atoms with E-state index in [0.717, 1.165) is 33.6 Å². The first-order valence-corrected chi connectivity index (χ1v) is 34.9. The van der Waals surface area contributed by atoms with Gasteiger partial charge in [-0.05, 0) is 279 Å². The standard InChI is InChI=1S/C60H42N2O7.C35H26N2O4/c1-41-9-5-15-54(37-41)66-52-33-25-46(26-34-52)59(64)61-48-13-7-14-49(39-48)62-60(65)47-27-35-53(36-28-47)69-57-18-8-17-56(40-57)68-51-31-23-45(24-32-51)58(63)44-21-29-50(30-22-44)67-55-16-6-12-43(38-55)20-19-42-10-3-2-4-11-42;1-40-31-19-15-27(16-20-31)34(38)36-29-10-6-11-30(24-29)37-35(39)28-17-21-32(22-18-28)41-33-12-5-9-26(23-33)14-13-25-7-3-2-4-8-25/h2-18,21-40H,1H3,(H,61,64)(H,62,65);2-12,15-24H,1H3,(H,36,38)(H,37,39). The molecule has 534 valence electrons. The second-order valence-corrected chi connectivity index (χ2v) is 24.7. The zero-order valence-corrected chi connectivity index (χ0v) is 59.5. The van der Waals surface area contributed by atoms with Gasteiger partial charge >= 0.3 is 0 Å². The maximum atomic E-state index is 13.4. The zero-order chi connectivity index (χ0) is 75.8. The van der Waals surface area contributed by atoms with Crippen LogP contribution < -0.4 is 49.7 Å². The molecule has 15 nitrogen and oxygen atoms in total. The normalized spacial score (nSPS) is 10.3. The Morgan fingerprint density at radius 3 is 0.800 bits per heavy atom. The largest absolute Gasteiger partial charge is 0.497 e. The van der Waals surface area contributed by atoms with Crippen molar-refractivity contribution in [1.29, 1.82) is 0 Å². The van der Waals surface area contributed by atoms with Gasteiger partial charge in [-0.15, -0.1) is 0 Å². The summed E-state index contributed by atoms with van der Waals surface area (Å²) in [4.78, 5) is 65.0. The quantitative estimate of drug-likeness (QED) is 0.0396. The van der Waals surface area contributed by atoms with Gasteiger partial charge in [-0.2, -0.15) is 0 Å². The van der Waals surface area contributed by atoms with Gasteiger partial charge in [0.1, 0.15) is 63.2 Å². The lowest BCUT2D eigenvalue weighted by molar-refractivity contribution is 0.101. The van der Waals surface area contributed by atoms with E-state index in [1.54, 1.807) is 219 Å². The number of ether oxygens (including phenoxy) is 6. The fraction of sp³-hybridized carbons (Fsp3) is 0.0211. The summed E-state index contributed by atoms with van der Waals surface area (Å²) in [6.07, 6.45) is 0. The van der Waals surface area contributed by atoms with Gasteiger partial charge in [0.15, 0.2) is 5.78 Å². The van der Waals surface area contributed by atoms with Crippen LogP contribution in [0.2, 0.25) is 0 Å². The van der Waals surface area contributed by atoms with E-state index in [1.165, 1.54) is 0 Å². The average molecular weight is 1440 g/mol. The van der Waals surface area contributed by atoms with Crippen molar-refractivity contribution in [3.05, 3.63) is 413 Å². The molecule has 0 radical (unpaired) electrons. The van der Waals surface area contributed by atoms with Crippen LogP contribution in [-0.2, 0) is 0 Å². The van der Waals surface area contributed by atoms with E-state index in [-0.39, 0.29) is 29.4 Å². The monoisotopic (exact) mass is 1440 g/mol. The molecule has 0 aromatic heterocycles. The zero-order valence-electron chi connectivity index (χ0n) is 59.5. The third-order valence-corrected chi connectivity index (χ3v) is 16.6. The fourth-order valence-electron chi connectivity index (χ4n) is 11.0. The number of benzene rings is 14. The molecule has 0 aliphatic rings. The Morgan fingerprint density at radius 2 is 0.482 bits per heavy atom.